The second-order valence-electron chi connectivity index (χ2n) is 6.02. The number of furan rings is 1. The van der Waals surface area contributed by atoms with E-state index in [0.29, 0.717) is 17.5 Å². The van der Waals surface area contributed by atoms with E-state index in [0.717, 1.165) is 25.7 Å². The average Bonchev–Trinajstić information content (AvgIpc) is 3.35. The summed E-state index contributed by atoms with van der Waals surface area (Å²) in [7, 11) is -3.82. The number of benzene rings is 1. The first kappa shape index (κ1) is 15.9. The Morgan fingerprint density at radius 3 is 2.48 bits per heavy atom. The smallest absolute Gasteiger partial charge is 0.295 e. The SMILES string of the molecule is O=S(=O)(Nc1ccccc1)c1ccc(-c2nnc(C3CCCC3)o2)o1. The topological polar surface area (TPSA) is 98.2 Å². The van der Waals surface area contributed by atoms with Gasteiger partial charge >= 0.3 is 0 Å². The molecular formula is C17H17N3O4S. The number of hydrogen-bond donors (Lipinski definition) is 1. The van der Waals surface area contributed by atoms with Gasteiger partial charge < -0.3 is 8.83 Å². The second-order valence-corrected chi connectivity index (χ2v) is 7.63. The van der Waals surface area contributed by atoms with E-state index in [-0.39, 0.29) is 16.7 Å². The highest BCUT2D eigenvalue weighted by Crippen LogP contribution is 2.34. The number of nitrogens with zero attached hydrogens (tertiary/aromatic N) is 2. The fourth-order valence-electron chi connectivity index (χ4n) is 2.96. The molecule has 0 aliphatic heterocycles. The van der Waals surface area contributed by atoms with Gasteiger partial charge in [0, 0.05) is 11.6 Å². The molecule has 130 valence electrons. The Labute approximate surface area is 145 Å². The van der Waals surface area contributed by atoms with Crippen LogP contribution in [0, 0.1) is 0 Å². The molecule has 0 bridgehead atoms. The normalized spacial score (nSPS) is 15.5. The summed E-state index contributed by atoms with van der Waals surface area (Å²) < 4.78 is 38.3. The lowest BCUT2D eigenvalue weighted by atomic mass is 10.1. The molecule has 0 atom stereocenters. The van der Waals surface area contributed by atoms with Crippen molar-refractivity contribution in [2.45, 2.75) is 36.7 Å². The molecule has 1 fully saturated rings. The first-order chi connectivity index (χ1) is 12.1. The molecule has 7 nitrogen and oxygen atoms in total. The molecule has 3 aromatic rings. The minimum absolute atomic E-state index is 0.197. The van der Waals surface area contributed by atoms with Crippen molar-refractivity contribution in [1.82, 2.24) is 10.2 Å². The van der Waals surface area contributed by atoms with Gasteiger partial charge in [-0.15, -0.1) is 10.2 Å². The molecule has 1 aromatic carbocycles. The highest BCUT2D eigenvalue weighted by molar-refractivity contribution is 7.92. The summed E-state index contributed by atoms with van der Waals surface area (Å²) in [5.74, 6) is 1.32. The van der Waals surface area contributed by atoms with Crippen molar-refractivity contribution < 1.29 is 17.3 Å². The first-order valence-electron chi connectivity index (χ1n) is 8.13. The Hall–Kier alpha value is -2.61. The molecule has 8 heteroatoms. The zero-order valence-electron chi connectivity index (χ0n) is 13.4. The quantitative estimate of drug-likeness (QED) is 0.744. The van der Waals surface area contributed by atoms with E-state index >= 15 is 0 Å². The van der Waals surface area contributed by atoms with E-state index in [1.54, 1.807) is 30.3 Å². The van der Waals surface area contributed by atoms with Crippen LogP contribution in [0.15, 0.2) is 56.4 Å². The number of para-hydroxylation sites is 1. The number of sulfonamides is 1. The van der Waals surface area contributed by atoms with Crippen LogP contribution in [0.2, 0.25) is 0 Å². The fourth-order valence-corrected chi connectivity index (χ4v) is 3.96. The molecule has 1 aliphatic rings. The van der Waals surface area contributed by atoms with Gasteiger partial charge in [0.05, 0.1) is 0 Å². The van der Waals surface area contributed by atoms with Crippen LogP contribution in [0.3, 0.4) is 0 Å². The summed E-state index contributed by atoms with van der Waals surface area (Å²) in [6.07, 6.45) is 4.41. The lowest BCUT2D eigenvalue weighted by Gasteiger charge is -2.04. The highest BCUT2D eigenvalue weighted by Gasteiger charge is 2.25. The maximum absolute atomic E-state index is 12.4. The van der Waals surface area contributed by atoms with Crippen molar-refractivity contribution in [3.8, 4) is 11.7 Å². The highest BCUT2D eigenvalue weighted by atomic mass is 32.2. The number of anilines is 1. The molecule has 2 aromatic heterocycles. The Balaban J connectivity index is 1.55. The van der Waals surface area contributed by atoms with Crippen molar-refractivity contribution >= 4 is 15.7 Å². The van der Waals surface area contributed by atoms with Gasteiger partial charge in [0.2, 0.25) is 11.0 Å². The zero-order chi connectivity index (χ0) is 17.3. The Morgan fingerprint density at radius 1 is 0.960 bits per heavy atom. The summed E-state index contributed by atoms with van der Waals surface area (Å²) in [6.45, 7) is 0. The van der Waals surface area contributed by atoms with E-state index in [1.165, 1.54) is 12.1 Å². The molecule has 0 unspecified atom stereocenters. The Bertz CT molecular complexity index is 957. The van der Waals surface area contributed by atoms with Gasteiger partial charge in [-0.2, -0.15) is 8.42 Å². The molecule has 0 radical (unpaired) electrons. The van der Waals surface area contributed by atoms with Crippen LogP contribution >= 0.6 is 0 Å². The molecule has 1 saturated carbocycles. The van der Waals surface area contributed by atoms with E-state index in [1.807, 2.05) is 0 Å². The van der Waals surface area contributed by atoms with Crippen LogP contribution in [0.1, 0.15) is 37.5 Å². The third-order valence-corrected chi connectivity index (χ3v) is 5.48. The maximum atomic E-state index is 12.4. The minimum Gasteiger partial charge on any atom is -0.438 e. The number of hydrogen-bond acceptors (Lipinski definition) is 6. The standard InChI is InChI=1S/C17H17N3O4S/c21-25(22,20-13-8-2-1-3-9-13)15-11-10-14(23-15)17-19-18-16(24-17)12-6-4-5-7-12/h1-3,8-12,20H,4-7H2. The van der Waals surface area contributed by atoms with E-state index in [9.17, 15) is 8.42 Å². The Kier molecular flexibility index (Phi) is 4.04. The summed E-state index contributed by atoms with van der Waals surface area (Å²) in [5, 5.41) is 7.85. The molecule has 0 spiro atoms. The second kappa shape index (κ2) is 6.36. The average molecular weight is 359 g/mol. The molecular weight excluding hydrogens is 342 g/mol. The van der Waals surface area contributed by atoms with Crippen molar-refractivity contribution in [2.24, 2.45) is 0 Å². The summed E-state index contributed by atoms with van der Waals surface area (Å²) >= 11 is 0. The van der Waals surface area contributed by atoms with Crippen LogP contribution < -0.4 is 4.72 Å². The van der Waals surface area contributed by atoms with Crippen LogP contribution in [-0.2, 0) is 10.0 Å². The molecule has 2 heterocycles. The van der Waals surface area contributed by atoms with E-state index in [2.05, 4.69) is 14.9 Å². The van der Waals surface area contributed by atoms with Crippen LogP contribution in [-0.4, -0.2) is 18.6 Å². The van der Waals surface area contributed by atoms with Crippen molar-refractivity contribution in [3.63, 3.8) is 0 Å². The predicted molar refractivity (Wildman–Crippen MR) is 90.5 cm³/mol. The first-order valence-corrected chi connectivity index (χ1v) is 9.61. The number of nitrogens with one attached hydrogen (secondary N) is 1. The lowest BCUT2D eigenvalue weighted by Crippen LogP contribution is -2.11. The van der Waals surface area contributed by atoms with Crippen molar-refractivity contribution in [2.75, 3.05) is 4.72 Å². The van der Waals surface area contributed by atoms with Gasteiger partial charge in [0.25, 0.3) is 15.9 Å². The maximum Gasteiger partial charge on any atom is 0.295 e. The molecule has 1 aliphatic carbocycles. The molecule has 0 saturated heterocycles. The van der Waals surface area contributed by atoms with Crippen LogP contribution in [0.5, 0.6) is 0 Å². The monoisotopic (exact) mass is 359 g/mol. The van der Waals surface area contributed by atoms with Gasteiger partial charge in [0.1, 0.15) is 0 Å². The molecule has 1 N–H and O–H groups in total. The molecule has 25 heavy (non-hydrogen) atoms. The zero-order valence-corrected chi connectivity index (χ0v) is 14.2. The van der Waals surface area contributed by atoms with Gasteiger partial charge in [-0.1, -0.05) is 31.0 Å². The van der Waals surface area contributed by atoms with Crippen LogP contribution in [0.4, 0.5) is 5.69 Å². The summed E-state index contributed by atoms with van der Waals surface area (Å²) in [5.41, 5.74) is 0.460. The van der Waals surface area contributed by atoms with E-state index in [4.69, 9.17) is 8.83 Å². The predicted octanol–water partition coefficient (Wildman–Crippen LogP) is 3.79. The van der Waals surface area contributed by atoms with Crippen molar-refractivity contribution in [3.05, 3.63) is 48.4 Å². The molecule has 0 amide bonds. The third kappa shape index (κ3) is 3.30. The van der Waals surface area contributed by atoms with Crippen molar-refractivity contribution in [1.29, 1.82) is 0 Å². The third-order valence-electron chi connectivity index (χ3n) is 4.23. The number of rotatable bonds is 5. The Morgan fingerprint density at radius 2 is 1.72 bits per heavy atom. The minimum atomic E-state index is -3.82. The van der Waals surface area contributed by atoms with Gasteiger partial charge in [-0.25, -0.2) is 0 Å². The fraction of sp³-hybridized carbons (Fsp3) is 0.294. The molecule has 4 rings (SSSR count). The van der Waals surface area contributed by atoms with Gasteiger partial charge in [-0.05, 0) is 37.1 Å². The van der Waals surface area contributed by atoms with Crippen LogP contribution in [0.25, 0.3) is 11.7 Å². The van der Waals surface area contributed by atoms with Gasteiger partial charge in [-0.3, -0.25) is 4.72 Å². The summed E-state index contributed by atoms with van der Waals surface area (Å²) in [4.78, 5) is 0. The largest absolute Gasteiger partial charge is 0.438 e. The lowest BCUT2D eigenvalue weighted by molar-refractivity contribution is 0.421. The number of aromatic nitrogens is 2. The van der Waals surface area contributed by atoms with Gasteiger partial charge in [0.15, 0.2) is 5.76 Å². The van der Waals surface area contributed by atoms with E-state index < -0.39 is 10.0 Å². The summed E-state index contributed by atoms with van der Waals surface area (Å²) in [6, 6.07) is 11.5.